The van der Waals surface area contributed by atoms with Crippen molar-refractivity contribution in [3.05, 3.63) is 0 Å². The van der Waals surface area contributed by atoms with Crippen molar-refractivity contribution in [1.82, 2.24) is 0 Å². The number of carbonyl (C=O) groups is 1. The standard InChI is InChI=1S/C18H31BrO3/c1-2-3-4-5-7-10-15-21-16-12-13-18(20)22-17-11-8-6-9-14-19/h2-4,6,8-17H2,1H3. The third kappa shape index (κ3) is 17.5. The van der Waals surface area contributed by atoms with Crippen molar-refractivity contribution in [2.24, 2.45) is 0 Å². The molecular formula is C18H31BrO3. The lowest BCUT2D eigenvalue weighted by Crippen LogP contribution is -2.07. The van der Waals surface area contributed by atoms with Crippen molar-refractivity contribution >= 4 is 21.9 Å². The zero-order chi connectivity index (χ0) is 16.3. The summed E-state index contributed by atoms with van der Waals surface area (Å²) in [7, 11) is 0. The predicted octanol–water partition coefficient (Wildman–Crippen LogP) is 4.87. The van der Waals surface area contributed by atoms with Crippen molar-refractivity contribution in [2.75, 3.05) is 25.2 Å². The van der Waals surface area contributed by atoms with Crippen LogP contribution in [0.4, 0.5) is 0 Å². The molecule has 0 aromatic heterocycles. The van der Waals surface area contributed by atoms with Gasteiger partial charge in [0.05, 0.1) is 13.2 Å². The smallest absolute Gasteiger partial charge is 0.305 e. The van der Waals surface area contributed by atoms with Crippen molar-refractivity contribution in [3.8, 4) is 11.8 Å². The molecular weight excluding hydrogens is 344 g/mol. The number of alkyl halides is 1. The molecule has 0 amide bonds. The predicted molar refractivity (Wildman–Crippen MR) is 95.2 cm³/mol. The molecule has 0 heterocycles. The fraction of sp³-hybridized carbons (Fsp3) is 0.833. The number of unbranched alkanes of at least 4 members (excludes halogenated alkanes) is 5. The first kappa shape index (κ1) is 21.5. The molecule has 0 N–H and O–H groups in total. The molecule has 0 spiro atoms. The summed E-state index contributed by atoms with van der Waals surface area (Å²) in [6, 6.07) is 0. The van der Waals surface area contributed by atoms with Gasteiger partial charge in [-0.3, -0.25) is 4.79 Å². The zero-order valence-electron chi connectivity index (χ0n) is 14.0. The molecule has 0 bridgehead atoms. The summed E-state index contributed by atoms with van der Waals surface area (Å²) in [6.07, 6.45) is 9.78. The van der Waals surface area contributed by atoms with Gasteiger partial charge in [-0.15, -0.1) is 11.8 Å². The Kier molecular flexibility index (Phi) is 18.1. The number of hydrogen-bond donors (Lipinski definition) is 0. The van der Waals surface area contributed by atoms with E-state index in [4.69, 9.17) is 9.47 Å². The van der Waals surface area contributed by atoms with E-state index < -0.39 is 0 Å². The molecule has 0 atom stereocenters. The lowest BCUT2D eigenvalue weighted by molar-refractivity contribution is -0.144. The first-order valence-corrected chi connectivity index (χ1v) is 9.68. The average molecular weight is 375 g/mol. The molecule has 0 unspecified atom stereocenters. The van der Waals surface area contributed by atoms with Gasteiger partial charge in [0, 0.05) is 31.2 Å². The quantitative estimate of drug-likeness (QED) is 0.188. The summed E-state index contributed by atoms with van der Waals surface area (Å²) in [4.78, 5) is 11.5. The summed E-state index contributed by atoms with van der Waals surface area (Å²) in [6.45, 7) is 3.98. The molecule has 4 heteroatoms. The van der Waals surface area contributed by atoms with E-state index in [9.17, 15) is 4.79 Å². The monoisotopic (exact) mass is 374 g/mol. The molecule has 0 aliphatic carbocycles. The first-order chi connectivity index (χ1) is 10.8. The van der Waals surface area contributed by atoms with E-state index in [2.05, 4.69) is 34.7 Å². The molecule has 0 fully saturated rings. The minimum absolute atomic E-state index is 0.108. The van der Waals surface area contributed by atoms with E-state index in [1.54, 1.807) is 0 Å². The third-order valence-electron chi connectivity index (χ3n) is 3.11. The molecule has 128 valence electrons. The molecule has 0 aliphatic rings. The van der Waals surface area contributed by atoms with Crippen LogP contribution in [-0.4, -0.2) is 31.1 Å². The van der Waals surface area contributed by atoms with Gasteiger partial charge in [0.2, 0.25) is 0 Å². The maximum atomic E-state index is 11.5. The molecule has 0 saturated carbocycles. The van der Waals surface area contributed by atoms with Crippen molar-refractivity contribution in [1.29, 1.82) is 0 Å². The topological polar surface area (TPSA) is 35.5 Å². The number of halogens is 1. The lowest BCUT2D eigenvalue weighted by atomic mass is 10.2. The van der Waals surface area contributed by atoms with Crippen LogP contribution in [0, 0.1) is 11.8 Å². The van der Waals surface area contributed by atoms with E-state index in [0.717, 1.165) is 37.4 Å². The SMILES string of the molecule is CCCCC#CCCOCCCC(=O)OCCCCCCBr. The fourth-order valence-corrected chi connectivity index (χ4v) is 2.19. The molecule has 0 rings (SSSR count). The van der Waals surface area contributed by atoms with Crippen LogP contribution >= 0.6 is 15.9 Å². The molecule has 0 aromatic rings. The second kappa shape index (κ2) is 18.5. The second-order valence-corrected chi connectivity index (χ2v) is 6.04. The van der Waals surface area contributed by atoms with Crippen LogP contribution in [0.15, 0.2) is 0 Å². The molecule has 0 saturated heterocycles. The highest BCUT2D eigenvalue weighted by atomic mass is 79.9. The van der Waals surface area contributed by atoms with E-state index in [0.29, 0.717) is 26.2 Å². The minimum atomic E-state index is -0.108. The maximum Gasteiger partial charge on any atom is 0.305 e. The van der Waals surface area contributed by atoms with Crippen LogP contribution in [-0.2, 0) is 14.3 Å². The van der Waals surface area contributed by atoms with E-state index in [1.807, 2.05) is 0 Å². The van der Waals surface area contributed by atoms with Crippen molar-refractivity contribution in [2.45, 2.75) is 71.1 Å². The number of hydrogen-bond acceptors (Lipinski definition) is 3. The summed E-state index contributed by atoms with van der Waals surface area (Å²) in [5.41, 5.74) is 0. The second-order valence-electron chi connectivity index (χ2n) is 5.25. The minimum Gasteiger partial charge on any atom is -0.466 e. The molecule has 0 aromatic carbocycles. The Hall–Kier alpha value is -0.530. The van der Waals surface area contributed by atoms with Crippen LogP contribution in [0.3, 0.4) is 0 Å². The fourth-order valence-electron chi connectivity index (χ4n) is 1.79. The normalized spacial score (nSPS) is 10.1. The highest BCUT2D eigenvalue weighted by Crippen LogP contribution is 2.03. The molecule has 0 radical (unpaired) electrons. The van der Waals surface area contributed by atoms with Gasteiger partial charge in [-0.05, 0) is 25.7 Å². The van der Waals surface area contributed by atoms with Gasteiger partial charge >= 0.3 is 5.97 Å². The highest BCUT2D eigenvalue weighted by molar-refractivity contribution is 9.09. The van der Waals surface area contributed by atoms with Crippen LogP contribution in [0.1, 0.15) is 71.1 Å². The van der Waals surface area contributed by atoms with E-state index >= 15 is 0 Å². The Morgan fingerprint density at radius 2 is 1.68 bits per heavy atom. The van der Waals surface area contributed by atoms with Crippen molar-refractivity contribution < 1.29 is 14.3 Å². The Bertz CT molecular complexity index is 307. The average Bonchev–Trinajstić information content (AvgIpc) is 2.52. The Labute approximate surface area is 144 Å². The zero-order valence-corrected chi connectivity index (χ0v) is 15.6. The number of rotatable bonds is 14. The Morgan fingerprint density at radius 1 is 0.909 bits per heavy atom. The van der Waals surface area contributed by atoms with Crippen LogP contribution in [0.2, 0.25) is 0 Å². The van der Waals surface area contributed by atoms with Gasteiger partial charge in [-0.1, -0.05) is 42.1 Å². The Balaban J connectivity index is 3.22. The van der Waals surface area contributed by atoms with Gasteiger partial charge in [0.15, 0.2) is 0 Å². The lowest BCUT2D eigenvalue weighted by Gasteiger charge is -2.05. The molecule has 22 heavy (non-hydrogen) atoms. The third-order valence-corrected chi connectivity index (χ3v) is 3.67. The largest absolute Gasteiger partial charge is 0.466 e. The summed E-state index contributed by atoms with van der Waals surface area (Å²) >= 11 is 3.40. The summed E-state index contributed by atoms with van der Waals surface area (Å²) < 4.78 is 10.6. The number of esters is 1. The van der Waals surface area contributed by atoms with Crippen LogP contribution in [0.5, 0.6) is 0 Å². The Morgan fingerprint density at radius 3 is 2.45 bits per heavy atom. The molecule has 3 nitrogen and oxygen atoms in total. The summed E-state index contributed by atoms with van der Waals surface area (Å²) in [5.74, 6) is 6.12. The highest BCUT2D eigenvalue weighted by Gasteiger charge is 2.02. The van der Waals surface area contributed by atoms with Crippen molar-refractivity contribution in [3.63, 3.8) is 0 Å². The first-order valence-electron chi connectivity index (χ1n) is 8.56. The van der Waals surface area contributed by atoms with Gasteiger partial charge in [-0.25, -0.2) is 0 Å². The summed E-state index contributed by atoms with van der Waals surface area (Å²) in [5, 5.41) is 1.05. The van der Waals surface area contributed by atoms with E-state index in [-0.39, 0.29) is 5.97 Å². The van der Waals surface area contributed by atoms with Crippen LogP contribution in [0.25, 0.3) is 0 Å². The molecule has 0 aliphatic heterocycles. The van der Waals surface area contributed by atoms with Gasteiger partial charge in [0.25, 0.3) is 0 Å². The maximum absolute atomic E-state index is 11.5. The van der Waals surface area contributed by atoms with Gasteiger partial charge < -0.3 is 9.47 Å². The van der Waals surface area contributed by atoms with Crippen LogP contribution < -0.4 is 0 Å². The number of carbonyl (C=O) groups excluding carboxylic acids is 1. The van der Waals surface area contributed by atoms with Gasteiger partial charge in [0.1, 0.15) is 0 Å². The van der Waals surface area contributed by atoms with E-state index in [1.165, 1.54) is 25.7 Å². The van der Waals surface area contributed by atoms with Gasteiger partial charge in [-0.2, -0.15) is 0 Å². The number of ether oxygens (including phenoxy) is 2.